The number of nitrogens with one attached hydrogen (secondary N) is 2. The Morgan fingerprint density at radius 1 is 1.10 bits per heavy atom. The van der Waals surface area contributed by atoms with Crippen molar-refractivity contribution < 1.29 is 23.6 Å². The number of benzene rings is 2. The molecule has 0 bridgehead atoms. The number of aryl methyl sites for hydroxylation is 3. The van der Waals surface area contributed by atoms with Gasteiger partial charge < -0.3 is 24.6 Å². The quantitative estimate of drug-likeness (QED) is 0.574. The second-order valence-corrected chi connectivity index (χ2v) is 7.05. The average molecular weight is 423 g/mol. The molecule has 8 nitrogen and oxygen atoms in total. The van der Waals surface area contributed by atoms with Crippen LogP contribution in [0.25, 0.3) is 0 Å². The number of rotatable bonds is 8. The number of nitrogens with zero attached hydrogens (tertiary/aromatic N) is 1. The third kappa shape index (κ3) is 5.63. The van der Waals surface area contributed by atoms with Crippen LogP contribution in [0.15, 0.2) is 47.0 Å². The van der Waals surface area contributed by atoms with Gasteiger partial charge in [0.05, 0.1) is 30.6 Å². The SMILES string of the molecule is COc1ccc(C)cc1NC(=O)CNC(=O)c1cccc(OCc2c(C)noc2C)c1. The second kappa shape index (κ2) is 9.80. The van der Waals surface area contributed by atoms with Crippen LogP contribution in [0.3, 0.4) is 0 Å². The second-order valence-electron chi connectivity index (χ2n) is 7.05. The maximum absolute atomic E-state index is 12.5. The van der Waals surface area contributed by atoms with Gasteiger partial charge in [-0.15, -0.1) is 0 Å². The first-order valence-corrected chi connectivity index (χ1v) is 9.74. The van der Waals surface area contributed by atoms with Crippen molar-refractivity contribution in [1.29, 1.82) is 0 Å². The van der Waals surface area contributed by atoms with Gasteiger partial charge in [0, 0.05) is 5.56 Å². The van der Waals surface area contributed by atoms with Crippen LogP contribution in [0.2, 0.25) is 0 Å². The Labute approximate surface area is 180 Å². The molecule has 1 heterocycles. The molecule has 0 aliphatic heterocycles. The molecular formula is C23H25N3O5. The number of hydrogen-bond acceptors (Lipinski definition) is 6. The number of carbonyl (C=O) groups is 2. The minimum absolute atomic E-state index is 0.180. The van der Waals surface area contributed by atoms with E-state index in [-0.39, 0.29) is 25.0 Å². The summed E-state index contributed by atoms with van der Waals surface area (Å²) in [6, 6.07) is 12.2. The highest BCUT2D eigenvalue weighted by atomic mass is 16.5. The van der Waals surface area contributed by atoms with E-state index in [1.165, 1.54) is 7.11 Å². The number of carbonyl (C=O) groups excluding carboxylic acids is 2. The molecule has 2 N–H and O–H groups in total. The first-order valence-electron chi connectivity index (χ1n) is 9.74. The van der Waals surface area contributed by atoms with Gasteiger partial charge in [0.1, 0.15) is 23.9 Å². The van der Waals surface area contributed by atoms with Gasteiger partial charge in [-0.25, -0.2) is 0 Å². The van der Waals surface area contributed by atoms with Crippen molar-refractivity contribution in [2.45, 2.75) is 27.4 Å². The standard InChI is InChI=1S/C23H25N3O5/c1-14-8-9-21(29-4)20(10-14)25-22(27)12-24-23(28)17-6-5-7-18(11-17)30-13-19-15(2)26-31-16(19)3/h5-11H,12-13H2,1-4H3,(H,24,28)(H,25,27). The summed E-state index contributed by atoms with van der Waals surface area (Å²) < 4.78 is 16.1. The Hall–Kier alpha value is -3.81. The van der Waals surface area contributed by atoms with E-state index in [1.807, 2.05) is 26.8 Å². The smallest absolute Gasteiger partial charge is 0.251 e. The predicted molar refractivity (Wildman–Crippen MR) is 115 cm³/mol. The number of ether oxygens (including phenoxy) is 2. The topological polar surface area (TPSA) is 103 Å². The molecule has 1 aromatic heterocycles. The van der Waals surface area contributed by atoms with Crippen LogP contribution in [-0.2, 0) is 11.4 Å². The van der Waals surface area contributed by atoms with Crippen LogP contribution in [0, 0.1) is 20.8 Å². The molecule has 0 aliphatic rings. The lowest BCUT2D eigenvalue weighted by atomic mass is 10.2. The van der Waals surface area contributed by atoms with Crippen molar-refractivity contribution in [2.24, 2.45) is 0 Å². The number of amides is 2. The maximum Gasteiger partial charge on any atom is 0.251 e. The molecule has 8 heteroatoms. The number of anilines is 1. The van der Waals surface area contributed by atoms with Gasteiger partial charge in [0.15, 0.2) is 0 Å². The summed E-state index contributed by atoms with van der Waals surface area (Å²) >= 11 is 0. The fourth-order valence-electron chi connectivity index (χ4n) is 2.97. The first-order chi connectivity index (χ1) is 14.9. The Morgan fingerprint density at radius 3 is 2.61 bits per heavy atom. The Balaban J connectivity index is 1.56. The molecule has 2 aromatic carbocycles. The average Bonchev–Trinajstić information content (AvgIpc) is 3.08. The summed E-state index contributed by atoms with van der Waals surface area (Å²) in [5.74, 6) is 1.04. The van der Waals surface area contributed by atoms with E-state index in [0.717, 1.165) is 16.8 Å². The summed E-state index contributed by atoms with van der Waals surface area (Å²) in [6.07, 6.45) is 0. The lowest BCUT2D eigenvalue weighted by Crippen LogP contribution is -2.32. The summed E-state index contributed by atoms with van der Waals surface area (Å²) in [5.41, 5.74) is 3.56. The number of aromatic nitrogens is 1. The van der Waals surface area contributed by atoms with Gasteiger partial charge in [0.2, 0.25) is 5.91 Å². The molecule has 0 saturated heterocycles. The van der Waals surface area contributed by atoms with Gasteiger partial charge >= 0.3 is 0 Å². The van der Waals surface area contributed by atoms with E-state index in [4.69, 9.17) is 14.0 Å². The Bertz CT molecular complexity index is 1070. The zero-order chi connectivity index (χ0) is 22.4. The van der Waals surface area contributed by atoms with Crippen LogP contribution in [0.1, 0.15) is 32.9 Å². The molecule has 3 aromatic rings. The van der Waals surface area contributed by atoms with Crippen LogP contribution < -0.4 is 20.1 Å². The van der Waals surface area contributed by atoms with Crippen LogP contribution in [-0.4, -0.2) is 30.6 Å². The minimum atomic E-state index is -0.380. The molecule has 0 spiro atoms. The minimum Gasteiger partial charge on any atom is -0.495 e. The predicted octanol–water partition coefficient (Wildman–Crippen LogP) is 3.56. The monoisotopic (exact) mass is 423 g/mol. The van der Waals surface area contributed by atoms with E-state index in [1.54, 1.807) is 36.4 Å². The van der Waals surface area contributed by atoms with Gasteiger partial charge in [0.25, 0.3) is 5.91 Å². The van der Waals surface area contributed by atoms with E-state index in [0.29, 0.717) is 28.5 Å². The highest BCUT2D eigenvalue weighted by Crippen LogP contribution is 2.25. The molecular weight excluding hydrogens is 398 g/mol. The fourth-order valence-corrected chi connectivity index (χ4v) is 2.97. The van der Waals surface area contributed by atoms with Crippen molar-refractivity contribution in [3.05, 3.63) is 70.6 Å². The lowest BCUT2D eigenvalue weighted by Gasteiger charge is -2.12. The van der Waals surface area contributed by atoms with Crippen LogP contribution in [0.5, 0.6) is 11.5 Å². The van der Waals surface area contributed by atoms with Crippen molar-refractivity contribution in [2.75, 3.05) is 19.0 Å². The summed E-state index contributed by atoms with van der Waals surface area (Å²) in [6.45, 7) is 5.68. The molecule has 0 atom stereocenters. The van der Waals surface area contributed by atoms with Crippen LogP contribution in [0.4, 0.5) is 5.69 Å². The summed E-state index contributed by atoms with van der Waals surface area (Å²) in [5, 5.41) is 9.26. The molecule has 31 heavy (non-hydrogen) atoms. The lowest BCUT2D eigenvalue weighted by molar-refractivity contribution is -0.115. The summed E-state index contributed by atoms with van der Waals surface area (Å²) in [7, 11) is 1.53. The normalized spacial score (nSPS) is 10.5. The zero-order valence-electron chi connectivity index (χ0n) is 17.9. The first kappa shape index (κ1) is 21.9. The maximum atomic E-state index is 12.5. The van der Waals surface area contributed by atoms with Gasteiger partial charge in [-0.2, -0.15) is 0 Å². The molecule has 0 unspecified atom stereocenters. The van der Waals surface area contributed by atoms with Gasteiger partial charge in [-0.05, 0) is 56.7 Å². The number of methoxy groups -OCH3 is 1. The summed E-state index contributed by atoms with van der Waals surface area (Å²) in [4.78, 5) is 24.7. The van der Waals surface area contributed by atoms with Crippen LogP contribution >= 0.6 is 0 Å². The Kier molecular flexibility index (Phi) is 6.92. The zero-order valence-corrected chi connectivity index (χ0v) is 17.9. The number of hydrogen-bond donors (Lipinski definition) is 2. The Morgan fingerprint density at radius 2 is 1.90 bits per heavy atom. The highest BCUT2D eigenvalue weighted by Gasteiger charge is 2.13. The molecule has 0 fully saturated rings. The van der Waals surface area contributed by atoms with Crippen molar-refractivity contribution >= 4 is 17.5 Å². The van der Waals surface area contributed by atoms with Gasteiger partial charge in [-0.1, -0.05) is 17.3 Å². The van der Waals surface area contributed by atoms with Crippen molar-refractivity contribution in [1.82, 2.24) is 10.5 Å². The highest BCUT2D eigenvalue weighted by molar-refractivity contribution is 6.00. The van der Waals surface area contributed by atoms with E-state index < -0.39 is 0 Å². The fraction of sp³-hybridized carbons (Fsp3) is 0.261. The molecule has 0 radical (unpaired) electrons. The molecule has 3 rings (SSSR count). The molecule has 2 amide bonds. The van der Waals surface area contributed by atoms with E-state index >= 15 is 0 Å². The third-order valence-electron chi connectivity index (χ3n) is 4.70. The molecule has 162 valence electrons. The van der Waals surface area contributed by atoms with Gasteiger partial charge in [-0.3, -0.25) is 9.59 Å². The molecule has 0 aliphatic carbocycles. The molecule has 0 saturated carbocycles. The van der Waals surface area contributed by atoms with Crippen molar-refractivity contribution in [3.63, 3.8) is 0 Å². The van der Waals surface area contributed by atoms with Crippen molar-refractivity contribution in [3.8, 4) is 11.5 Å². The third-order valence-corrected chi connectivity index (χ3v) is 4.70. The van der Waals surface area contributed by atoms with E-state index in [9.17, 15) is 9.59 Å². The largest absolute Gasteiger partial charge is 0.495 e. The van der Waals surface area contributed by atoms with E-state index in [2.05, 4.69) is 15.8 Å².